The summed E-state index contributed by atoms with van der Waals surface area (Å²) in [6, 6.07) is 66.6. The Morgan fingerprint density at radius 2 is 0.736 bits per heavy atom. The summed E-state index contributed by atoms with van der Waals surface area (Å²) in [5.41, 5.74) is 7.04. The van der Waals surface area contributed by atoms with Crippen LogP contribution in [-0.2, 0) is 46.1 Å². The fraction of sp³-hybridized carbons (Fsp3) is 0.117. The van der Waals surface area contributed by atoms with Crippen molar-refractivity contribution in [2.24, 2.45) is 0 Å². The predicted octanol–water partition coefficient (Wildman–Crippen LogP) is 11.9. The van der Waals surface area contributed by atoms with Gasteiger partial charge < -0.3 is 29.6 Å². The van der Waals surface area contributed by atoms with E-state index in [1.807, 2.05) is 164 Å². The maximum absolute atomic E-state index is 13.8. The quantitative estimate of drug-likeness (QED) is 0.0675. The number of benzene rings is 6. The maximum atomic E-state index is 13.8. The van der Waals surface area contributed by atoms with E-state index in [1.165, 1.54) is 0 Å². The summed E-state index contributed by atoms with van der Waals surface area (Å²) in [5, 5.41) is 5.96. The monoisotopic (exact) mass is 952 g/mol. The first kappa shape index (κ1) is 47.9. The molecule has 0 spiro atoms. The van der Waals surface area contributed by atoms with Crippen molar-refractivity contribution in [1.82, 2.24) is 19.9 Å². The molecule has 3 aromatic heterocycles. The van der Waals surface area contributed by atoms with Crippen LogP contribution in [0.25, 0.3) is 0 Å². The van der Waals surface area contributed by atoms with Crippen molar-refractivity contribution >= 4 is 23.5 Å². The van der Waals surface area contributed by atoms with E-state index in [2.05, 4.69) is 20.5 Å². The van der Waals surface area contributed by atoms with E-state index in [0.717, 1.165) is 27.9 Å². The van der Waals surface area contributed by atoms with E-state index in [-0.39, 0.29) is 11.8 Å². The van der Waals surface area contributed by atoms with Crippen LogP contribution in [0.5, 0.6) is 23.0 Å². The van der Waals surface area contributed by atoms with Gasteiger partial charge in [-0.15, -0.1) is 0 Å². The number of carbonyl (C=O) groups excluding carboxylic acids is 2. The van der Waals surface area contributed by atoms with Crippen LogP contribution >= 0.6 is 0 Å². The second-order valence-electron chi connectivity index (χ2n) is 16.8. The molecule has 9 rings (SSSR count). The minimum atomic E-state index is -0.351. The molecular weight excluding hydrogens is 901 g/mol. The van der Waals surface area contributed by atoms with Gasteiger partial charge in [0.05, 0.1) is 17.1 Å². The molecule has 0 unspecified atom stereocenters. The zero-order valence-corrected chi connectivity index (χ0v) is 39.5. The van der Waals surface area contributed by atoms with Gasteiger partial charge in [-0.1, -0.05) is 140 Å². The zero-order valence-electron chi connectivity index (χ0n) is 39.5. The van der Waals surface area contributed by atoms with Crippen LogP contribution in [0.3, 0.4) is 0 Å². The summed E-state index contributed by atoms with van der Waals surface area (Å²) < 4.78 is 24.8. The van der Waals surface area contributed by atoms with Crippen LogP contribution in [0.15, 0.2) is 219 Å². The van der Waals surface area contributed by atoms with Crippen LogP contribution in [0.2, 0.25) is 0 Å². The summed E-state index contributed by atoms with van der Waals surface area (Å²) >= 11 is 0. The molecule has 0 aliphatic carbocycles. The number of hydrogen-bond donors (Lipinski definition) is 2. The fourth-order valence-electron chi connectivity index (χ4n) is 7.70. The molecule has 0 saturated carbocycles. The number of aromatic nitrogens is 3. The zero-order chi connectivity index (χ0) is 49.2. The lowest BCUT2D eigenvalue weighted by Gasteiger charge is -2.22. The number of nitrogens with one attached hydrogen (secondary N) is 2. The Kier molecular flexibility index (Phi) is 16.3. The Labute approximate surface area is 418 Å². The lowest BCUT2D eigenvalue weighted by Crippen LogP contribution is -2.24. The van der Waals surface area contributed by atoms with Crippen LogP contribution < -0.4 is 29.6 Å². The molecule has 2 amide bonds. The smallest absolute Gasteiger partial charge is 0.256 e. The van der Waals surface area contributed by atoms with E-state index in [4.69, 9.17) is 28.9 Å². The first-order valence-corrected chi connectivity index (χ1v) is 23.6. The number of amides is 2. The van der Waals surface area contributed by atoms with Crippen molar-refractivity contribution in [3.8, 4) is 23.0 Å². The first-order chi connectivity index (χ1) is 35.5. The normalized spacial score (nSPS) is 10.8. The molecule has 358 valence electrons. The van der Waals surface area contributed by atoms with Crippen molar-refractivity contribution in [3.63, 3.8) is 0 Å². The van der Waals surface area contributed by atoms with E-state index in [0.29, 0.717) is 103 Å². The third-order valence-electron chi connectivity index (χ3n) is 11.3. The molecule has 72 heavy (non-hydrogen) atoms. The molecule has 6 aromatic carbocycles. The highest BCUT2D eigenvalue weighted by Gasteiger charge is 2.18. The third-order valence-corrected chi connectivity index (χ3v) is 11.3. The number of nitrogens with zero attached hydrogens (tertiary/aromatic N) is 4. The van der Waals surface area contributed by atoms with Crippen LogP contribution in [0.1, 0.15) is 60.1 Å². The lowest BCUT2D eigenvalue weighted by molar-refractivity contribution is 0.101. The molecule has 9 aromatic rings. The Morgan fingerprint density at radius 3 is 1.12 bits per heavy atom. The molecule has 12 heteroatoms. The largest absolute Gasteiger partial charge is 0.485 e. The lowest BCUT2D eigenvalue weighted by atomic mass is 10.1. The summed E-state index contributed by atoms with van der Waals surface area (Å²) in [7, 11) is 0. The van der Waals surface area contributed by atoms with Gasteiger partial charge in [-0.05, 0) is 95.1 Å². The second-order valence-corrected chi connectivity index (χ2v) is 16.8. The van der Waals surface area contributed by atoms with E-state index in [9.17, 15) is 9.59 Å². The molecule has 0 aliphatic heterocycles. The summed E-state index contributed by atoms with van der Waals surface area (Å²) in [6.45, 7) is 2.56. The van der Waals surface area contributed by atoms with Crippen LogP contribution in [0.4, 0.5) is 11.6 Å². The van der Waals surface area contributed by atoms with Crippen LogP contribution in [-0.4, -0.2) is 31.7 Å². The predicted molar refractivity (Wildman–Crippen MR) is 278 cm³/mol. The highest BCUT2D eigenvalue weighted by Crippen LogP contribution is 2.32. The van der Waals surface area contributed by atoms with Gasteiger partial charge in [-0.25, -0.2) is 9.97 Å². The molecule has 0 saturated heterocycles. The average molecular weight is 953 g/mol. The van der Waals surface area contributed by atoms with Crippen molar-refractivity contribution in [3.05, 3.63) is 269 Å². The molecule has 0 atom stereocenters. The van der Waals surface area contributed by atoms with Crippen molar-refractivity contribution in [1.29, 1.82) is 0 Å². The molecule has 2 N–H and O–H groups in total. The number of hydrogen-bond acceptors (Lipinski definition) is 10. The first-order valence-electron chi connectivity index (χ1n) is 23.6. The van der Waals surface area contributed by atoms with Gasteiger partial charge in [0.2, 0.25) is 0 Å². The molecule has 3 heterocycles. The average Bonchev–Trinajstić information content (AvgIpc) is 3.42. The van der Waals surface area contributed by atoms with Gasteiger partial charge in [-0.2, -0.15) is 0 Å². The van der Waals surface area contributed by atoms with Crippen LogP contribution in [0, 0.1) is 0 Å². The molecule has 0 radical (unpaired) electrons. The highest BCUT2D eigenvalue weighted by molar-refractivity contribution is 6.04. The fourth-order valence-corrected chi connectivity index (χ4v) is 7.70. The Balaban J connectivity index is 0.878. The standard InChI is InChI=1S/C60H52N6O6/c67-59(48-30-32-53(69-40-44-17-5-1-6-18-44)55(35-48)71-42-46-21-9-3-10-22-46)64-57-28-15-26-51(62-57)38-66(37-50-25-13-14-34-61-50)39-52-27-16-29-58(63-52)65-60(68)49-31-33-54(70-41-45-19-7-2-8-20-45)56(36-49)72-43-47-23-11-4-12-24-47/h1-36H,37-43H2,(H,62,64,67)(H,63,65,68). The Bertz CT molecular complexity index is 2970. The minimum Gasteiger partial charge on any atom is -0.485 e. The maximum Gasteiger partial charge on any atom is 0.256 e. The van der Waals surface area contributed by atoms with E-state index >= 15 is 0 Å². The molecular formula is C60H52N6O6. The third kappa shape index (κ3) is 14.0. The van der Waals surface area contributed by atoms with Crippen molar-refractivity contribution in [2.45, 2.75) is 46.1 Å². The van der Waals surface area contributed by atoms with Gasteiger partial charge in [0.25, 0.3) is 11.8 Å². The molecule has 12 nitrogen and oxygen atoms in total. The summed E-state index contributed by atoms with van der Waals surface area (Å²) in [5.74, 6) is 2.02. The number of rotatable bonds is 22. The van der Waals surface area contributed by atoms with Gasteiger partial charge in [0.15, 0.2) is 23.0 Å². The van der Waals surface area contributed by atoms with E-state index in [1.54, 1.807) is 54.7 Å². The number of ether oxygens (including phenoxy) is 4. The van der Waals surface area contributed by atoms with Gasteiger partial charge >= 0.3 is 0 Å². The number of anilines is 2. The SMILES string of the molecule is O=C(Nc1cccc(CN(Cc2ccccn2)Cc2cccc(NC(=O)c3ccc(OCc4ccccc4)c(OCc4ccccc4)c3)n2)n1)c1ccc(OCc2ccccc2)c(OCc2ccccc2)c1. The van der Waals surface area contributed by atoms with Gasteiger partial charge in [0, 0.05) is 37.0 Å². The molecule has 0 fully saturated rings. The highest BCUT2D eigenvalue weighted by atomic mass is 16.5. The Hall–Kier alpha value is -9.13. The second kappa shape index (κ2) is 24.4. The topological polar surface area (TPSA) is 137 Å². The minimum absolute atomic E-state index is 0.300. The van der Waals surface area contributed by atoms with Gasteiger partial charge in [0.1, 0.15) is 38.1 Å². The summed E-state index contributed by atoms with van der Waals surface area (Å²) in [6.07, 6.45) is 1.76. The summed E-state index contributed by atoms with van der Waals surface area (Å²) in [4.78, 5) is 44.1. The molecule has 0 bridgehead atoms. The Morgan fingerprint density at radius 1 is 0.375 bits per heavy atom. The van der Waals surface area contributed by atoms with Crippen molar-refractivity contribution < 1.29 is 28.5 Å². The van der Waals surface area contributed by atoms with Crippen molar-refractivity contribution in [2.75, 3.05) is 10.6 Å². The van der Waals surface area contributed by atoms with Gasteiger partial charge in [-0.3, -0.25) is 19.5 Å². The van der Waals surface area contributed by atoms with E-state index < -0.39 is 0 Å². The molecule has 0 aliphatic rings. The number of pyridine rings is 3. The number of carbonyl (C=O) groups is 2.